The first-order valence-corrected chi connectivity index (χ1v) is 12.8. The van der Waals surface area contributed by atoms with E-state index in [-0.39, 0.29) is 81.6 Å². The molecule has 4 aromatic heterocycles. The number of carbonyl (C=O) groups excluding carboxylic acids is 2. The number of aryl methyl sites for hydroxylation is 2. The number of aromatic amines is 2. The average molecular weight is 591 g/mol. The van der Waals surface area contributed by atoms with E-state index in [0.717, 1.165) is 25.7 Å². The van der Waals surface area contributed by atoms with Crippen LogP contribution in [0.25, 0.3) is 22.8 Å². The fourth-order valence-electron chi connectivity index (χ4n) is 3.79. The maximum Gasteiger partial charge on any atom is 1.00 e. The van der Waals surface area contributed by atoms with Crippen molar-refractivity contribution in [2.45, 2.75) is 52.4 Å². The zero-order chi connectivity index (χ0) is 29.1. The topological polar surface area (TPSA) is 198 Å². The van der Waals surface area contributed by atoms with Crippen molar-refractivity contribution >= 4 is 11.9 Å². The molecule has 4 rings (SSSR count). The number of rotatable bonds is 10. The van der Waals surface area contributed by atoms with Gasteiger partial charge in [0, 0.05) is 35.9 Å². The zero-order valence-corrected chi connectivity index (χ0v) is 28.1. The molecule has 0 radical (unpaired) electrons. The molecule has 0 aromatic carbocycles. The zero-order valence-electron chi connectivity index (χ0n) is 24.1. The Balaban J connectivity index is 0.000000401. The molecule has 0 atom stereocenters. The molecule has 42 heavy (non-hydrogen) atoms. The van der Waals surface area contributed by atoms with Gasteiger partial charge in [0.25, 0.3) is 11.1 Å². The number of carboxylic acids is 2. The van der Waals surface area contributed by atoms with E-state index in [2.05, 4.69) is 29.9 Å². The van der Waals surface area contributed by atoms with Crippen molar-refractivity contribution in [3.63, 3.8) is 0 Å². The predicted molar refractivity (Wildman–Crippen MR) is 142 cm³/mol. The third-order valence-corrected chi connectivity index (χ3v) is 5.80. The SMILES string of the molecule is CCCCc1nc(-c2cccnc2)[nH]c(=O)c1C(=O)[O-].CCCCc1nc(-c2cccnc2)[nH]c(=O)c1C(=O)[O-].[Na+].[Na+]. The summed E-state index contributed by atoms with van der Waals surface area (Å²) in [5.41, 5.74) is -0.365. The molecule has 208 valence electrons. The molecule has 2 N–H and O–H groups in total. The van der Waals surface area contributed by atoms with E-state index >= 15 is 0 Å². The molecule has 4 heterocycles. The van der Waals surface area contributed by atoms with Gasteiger partial charge in [0.2, 0.25) is 0 Å². The Morgan fingerprint density at radius 2 is 1.10 bits per heavy atom. The molecule has 0 aliphatic rings. The van der Waals surface area contributed by atoms with E-state index in [1.807, 2.05) is 13.8 Å². The second kappa shape index (κ2) is 18.5. The van der Waals surface area contributed by atoms with Crippen molar-refractivity contribution in [3.8, 4) is 22.8 Å². The minimum absolute atomic E-state index is 0. The maximum atomic E-state index is 11.9. The van der Waals surface area contributed by atoms with E-state index in [1.54, 1.807) is 49.1 Å². The van der Waals surface area contributed by atoms with E-state index in [1.165, 1.54) is 0 Å². The van der Waals surface area contributed by atoms with Gasteiger partial charge in [0.1, 0.15) is 11.6 Å². The van der Waals surface area contributed by atoms with Gasteiger partial charge < -0.3 is 29.8 Å². The number of nitrogens with zero attached hydrogens (tertiary/aromatic N) is 4. The molecule has 0 saturated heterocycles. The summed E-state index contributed by atoms with van der Waals surface area (Å²) < 4.78 is 0. The van der Waals surface area contributed by atoms with E-state index in [4.69, 9.17) is 0 Å². The van der Waals surface area contributed by atoms with Crippen LogP contribution in [0.1, 0.15) is 71.6 Å². The molecule has 12 nitrogen and oxygen atoms in total. The standard InChI is InChI=1S/2C14H15N3O3.2Na/c2*1-2-3-6-10-11(14(19)20)13(18)17-12(16-10)9-5-4-7-15-8-9;;/h2*4-5,7-8H,2-3,6H2,1H3,(H,19,20)(H,16,17,18);;/q;;2*+1/p-2. The van der Waals surface area contributed by atoms with Crippen molar-refractivity contribution < 1.29 is 78.9 Å². The third kappa shape index (κ3) is 10.1. The van der Waals surface area contributed by atoms with Crippen LogP contribution < -0.4 is 80.4 Å². The number of aromatic carboxylic acids is 2. The summed E-state index contributed by atoms with van der Waals surface area (Å²) in [6.07, 6.45) is 10.4. The molecule has 0 bridgehead atoms. The average Bonchev–Trinajstić information content (AvgIpc) is 2.95. The molecule has 0 saturated carbocycles. The first kappa shape index (κ1) is 37.0. The molecular formula is C28H28N6Na2O6. The van der Waals surface area contributed by atoms with Gasteiger partial charge in [0.15, 0.2) is 0 Å². The van der Waals surface area contributed by atoms with E-state index < -0.39 is 23.1 Å². The molecule has 0 unspecified atom stereocenters. The number of hydrogen-bond donors (Lipinski definition) is 2. The molecule has 0 fully saturated rings. The number of H-pyrrole nitrogens is 2. The summed E-state index contributed by atoms with van der Waals surface area (Å²) in [6.45, 7) is 3.96. The Bertz CT molecular complexity index is 1460. The number of unbranched alkanes of at least 4 members (excludes halogenated alkanes) is 2. The van der Waals surface area contributed by atoms with Crippen LogP contribution in [-0.2, 0) is 12.8 Å². The van der Waals surface area contributed by atoms with Crippen molar-refractivity contribution in [2.24, 2.45) is 0 Å². The van der Waals surface area contributed by atoms with Crippen LogP contribution in [0.4, 0.5) is 0 Å². The van der Waals surface area contributed by atoms with Crippen molar-refractivity contribution in [1.29, 1.82) is 0 Å². The van der Waals surface area contributed by atoms with Gasteiger partial charge in [-0.05, 0) is 49.9 Å². The fourth-order valence-corrected chi connectivity index (χ4v) is 3.79. The van der Waals surface area contributed by atoms with Crippen LogP contribution in [0.3, 0.4) is 0 Å². The Morgan fingerprint density at radius 3 is 1.38 bits per heavy atom. The van der Waals surface area contributed by atoms with Gasteiger partial charge in [-0.25, -0.2) is 9.97 Å². The number of pyridine rings is 2. The largest absolute Gasteiger partial charge is 1.00 e. The smallest absolute Gasteiger partial charge is 0.545 e. The second-order valence-corrected chi connectivity index (χ2v) is 8.74. The number of carboxylic acid groups (broad SMARTS) is 2. The number of aromatic nitrogens is 6. The van der Waals surface area contributed by atoms with Gasteiger partial charge in [-0.15, -0.1) is 0 Å². The van der Waals surface area contributed by atoms with Crippen LogP contribution >= 0.6 is 0 Å². The molecule has 4 aromatic rings. The normalized spacial score (nSPS) is 9.95. The molecule has 0 aliphatic carbocycles. The van der Waals surface area contributed by atoms with Gasteiger partial charge in [-0.3, -0.25) is 19.6 Å². The predicted octanol–water partition coefficient (Wildman–Crippen LogP) is -4.92. The molecule has 0 amide bonds. The van der Waals surface area contributed by atoms with Crippen LogP contribution in [-0.4, -0.2) is 41.8 Å². The van der Waals surface area contributed by atoms with Gasteiger partial charge >= 0.3 is 59.1 Å². The summed E-state index contributed by atoms with van der Waals surface area (Å²) in [7, 11) is 0. The Labute approximate surface area is 286 Å². The van der Waals surface area contributed by atoms with Gasteiger partial charge in [0.05, 0.1) is 34.5 Å². The Hall–Kier alpha value is -3.00. The molecule has 0 aliphatic heterocycles. The molecule has 0 spiro atoms. The van der Waals surface area contributed by atoms with Gasteiger partial charge in [-0.1, -0.05) is 26.7 Å². The van der Waals surface area contributed by atoms with E-state index in [9.17, 15) is 29.4 Å². The first-order chi connectivity index (χ1) is 19.3. The summed E-state index contributed by atoms with van der Waals surface area (Å²) >= 11 is 0. The summed E-state index contributed by atoms with van der Waals surface area (Å²) in [6, 6.07) is 6.92. The van der Waals surface area contributed by atoms with E-state index in [0.29, 0.717) is 35.6 Å². The monoisotopic (exact) mass is 590 g/mol. The van der Waals surface area contributed by atoms with Crippen molar-refractivity contribution in [1.82, 2.24) is 29.9 Å². The Morgan fingerprint density at radius 1 is 0.714 bits per heavy atom. The van der Waals surface area contributed by atoms with Crippen LogP contribution in [0.2, 0.25) is 0 Å². The van der Waals surface area contributed by atoms with Crippen LogP contribution in [0.5, 0.6) is 0 Å². The minimum Gasteiger partial charge on any atom is -0.545 e. The fraction of sp³-hybridized carbons (Fsp3) is 0.286. The Kier molecular flexibility index (Phi) is 16.3. The molecule has 14 heteroatoms. The quantitative estimate of drug-likeness (QED) is 0.169. The number of hydrogen-bond acceptors (Lipinski definition) is 10. The molecular weight excluding hydrogens is 562 g/mol. The first-order valence-electron chi connectivity index (χ1n) is 12.8. The summed E-state index contributed by atoms with van der Waals surface area (Å²) in [4.78, 5) is 67.3. The number of carbonyl (C=O) groups is 2. The maximum absolute atomic E-state index is 11.9. The van der Waals surface area contributed by atoms with Crippen LogP contribution in [0, 0.1) is 0 Å². The van der Waals surface area contributed by atoms with Crippen molar-refractivity contribution in [3.05, 3.63) is 92.3 Å². The van der Waals surface area contributed by atoms with Crippen LogP contribution in [0.15, 0.2) is 58.6 Å². The second-order valence-electron chi connectivity index (χ2n) is 8.74. The van der Waals surface area contributed by atoms with Crippen molar-refractivity contribution in [2.75, 3.05) is 0 Å². The minimum atomic E-state index is -1.50. The number of nitrogens with one attached hydrogen (secondary N) is 2. The van der Waals surface area contributed by atoms with Gasteiger partial charge in [-0.2, -0.15) is 0 Å². The third-order valence-electron chi connectivity index (χ3n) is 5.80. The summed E-state index contributed by atoms with van der Waals surface area (Å²) in [5, 5.41) is 22.1. The summed E-state index contributed by atoms with van der Waals surface area (Å²) in [5.74, 6) is -2.36.